The Morgan fingerprint density at radius 3 is 2.42 bits per heavy atom. The lowest BCUT2D eigenvalue weighted by molar-refractivity contribution is -0.119. The zero-order chi connectivity index (χ0) is 24.2. The average molecular weight is 495 g/mol. The Hall–Kier alpha value is -2.62. The van der Waals surface area contributed by atoms with Gasteiger partial charge in [0.05, 0.1) is 23.3 Å². The number of aryl methyl sites for hydroxylation is 2. The van der Waals surface area contributed by atoms with Crippen LogP contribution in [0.15, 0.2) is 35.2 Å². The van der Waals surface area contributed by atoms with E-state index in [1.807, 2.05) is 0 Å². The molecule has 0 bridgehead atoms. The maximum absolute atomic E-state index is 13.1. The SMILES string of the molecule is COc1cc(Cl)c(C)cc1NC(=O)COC(=O)c1ccc(C)c(S(=O)(=O)N2CCCCC2)c1. The number of benzene rings is 2. The number of esters is 1. The third-order valence-corrected chi connectivity index (χ3v) is 7.89. The molecule has 0 spiro atoms. The molecule has 1 saturated heterocycles. The summed E-state index contributed by atoms with van der Waals surface area (Å²) < 4.78 is 37.9. The summed E-state index contributed by atoms with van der Waals surface area (Å²) in [5, 5.41) is 3.11. The lowest BCUT2D eigenvalue weighted by atomic mass is 10.1. The predicted molar refractivity (Wildman–Crippen MR) is 125 cm³/mol. The van der Waals surface area contributed by atoms with E-state index in [2.05, 4.69) is 5.32 Å². The first-order valence-electron chi connectivity index (χ1n) is 10.6. The molecule has 178 valence electrons. The highest BCUT2D eigenvalue weighted by Gasteiger charge is 2.28. The third-order valence-electron chi connectivity index (χ3n) is 5.45. The molecule has 1 fully saturated rings. The molecule has 3 rings (SSSR count). The summed E-state index contributed by atoms with van der Waals surface area (Å²) in [7, 11) is -2.27. The van der Waals surface area contributed by atoms with Crippen LogP contribution in [0.2, 0.25) is 5.02 Å². The Bertz CT molecular complexity index is 1160. The molecule has 1 N–H and O–H groups in total. The summed E-state index contributed by atoms with van der Waals surface area (Å²) in [5.41, 5.74) is 1.74. The van der Waals surface area contributed by atoms with Crippen LogP contribution in [0.5, 0.6) is 5.75 Å². The van der Waals surface area contributed by atoms with E-state index in [1.165, 1.54) is 23.5 Å². The first-order chi connectivity index (χ1) is 15.6. The molecule has 0 aliphatic carbocycles. The molecule has 0 aromatic heterocycles. The summed E-state index contributed by atoms with van der Waals surface area (Å²) in [5.74, 6) is -0.993. The Morgan fingerprint density at radius 1 is 1.06 bits per heavy atom. The van der Waals surface area contributed by atoms with Gasteiger partial charge in [0.2, 0.25) is 10.0 Å². The van der Waals surface area contributed by atoms with Crippen LogP contribution in [0.4, 0.5) is 5.69 Å². The zero-order valence-electron chi connectivity index (χ0n) is 18.8. The van der Waals surface area contributed by atoms with Crippen LogP contribution in [0.3, 0.4) is 0 Å². The molecule has 0 unspecified atom stereocenters. The summed E-state index contributed by atoms with van der Waals surface area (Å²) in [6.45, 7) is 3.84. The van der Waals surface area contributed by atoms with Gasteiger partial charge in [0.15, 0.2) is 6.61 Å². The molecule has 8 nitrogen and oxygen atoms in total. The molecule has 1 aliphatic heterocycles. The summed E-state index contributed by atoms with van der Waals surface area (Å²) in [6.07, 6.45) is 2.63. The second-order valence-electron chi connectivity index (χ2n) is 7.87. The first kappa shape index (κ1) is 25.0. The number of carbonyl (C=O) groups is 2. The van der Waals surface area contributed by atoms with Crippen molar-refractivity contribution in [2.24, 2.45) is 0 Å². The van der Waals surface area contributed by atoms with Crippen molar-refractivity contribution in [3.05, 3.63) is 52.0 Å². The number of anilines is 1. The van der Waals surface area contributed by atoms with Crippen LogP contribution >= 0.6 is 11.6 Å². The van der Waals surface area contributed by atoms with Crippen molar-refractivity contribution >= 4 is 39.2 Å². The van der Waals surface area contributed by atoms with E-state index in [0.29, 0.717) is 35.1 Å². The van der Waals surface area contributed by atoms with Gasteiger partial charge in [-0.1, -0.05) is 24.1 Å². The highest BCUT2D eigenvalue weighted by atomic mass is 35.5. The molecule has 33 heavy (non-hydrogen) atoms. The number of nitrogens with zero attached hydrogens (tertiary/aromatic N) is 1. The minimum absolute atomic E-state index is 0.0592. The summed E-state index contributed by atoms with van der Waals surface area (Å²) >= 11 is 6.07. The number of carbonyl (C=O) groups excluding carboxylic acids is 2. The molecular formula is C23H27ClN2O6S. The molecular weight excluding hydrogens is 468 g/mol. The molecule has 10 heteroatoms. The van der Waals surface area contributed by atoms with E-state index in [0.717, 1.165) is 24.8 Å². The first-order valence-corrected chi connectivity index (χ1v) is 12.4. The maximum atomic E-state index is 13.1. The number of methoxy groups -OCH3 is 1. The van der Waals surface area contributed by atoms with Gasteiger partial charge in [-0.2, -0.15) is 4.31 Å². The fourth-order valence-electron chi connectivity index (χ4n) is 3.58. The number of sulfonamides is 1. The predicted octanol–water partition coefficient (Wildman–Crippen LogP) is 3.94. The van der Waals surface area contributed by atoms with E-state index in [1.54, 1.807) is 32.0 Å². The standard InChI is InChI=1S/C23H27ClN2O6S/c1-15-7-8-17(12-21(15)33(29,30)26-9-5-4-6-10-26)23(28)32-14-22(27)25-19-11-16(2)18(24)13-20(19)31-3/h7-8,11-13H,4-6,9-10,14H2,1-3H3,(H,25,27). The molecule has 1 amide bonds. The van der Waals surface area contributed by atoms with Crippen LogP contribution in [0.1, 0.15) is 40.7 Å². The fourth-order valence-corrected chi connectivity index (χ4v) is 5.50. The summed E-state index contributed by atoms with van der Waals surface area (Å²) in [6, 6.07) is 7.59. The number of nitrogens with one attached hydrogen (secondary N) is 1. The number of amides is 1. The maximum Gasteiger partial charge on any atom is 0.338 e. The van der Waals surface area contributed by atoms with E-state index >= 15 is 0 Å². The lowest BCUT2D eigenvalue weighted by Gasteiger charge is -2.26. The van der Waals surface area contributed by atoms with E-state index < -0.39 is 28.5 Å². The molecule has 2 aromatic carbocycles. The van der Waals surface area contributed by atoms with Crippen molar-refractivity contribution in [2.45, 2.75) is 38.0 Å². The van der Waals surface area contributed by atoms with Crippen LogP contribution < -0.4 is 10.1 Å². The highest BCUT2D eigenvalue weighted by Crippen LogP contribution is 2.31. The van der Waals surface area contributed by atoms with E-state index in [4.69, 9.17) is 21.1 Å². The van der Waals surface area contributed by atoms with E-state index in [-0.39, 0.29) is 10.5 Å². The number of halogens is 1. The van der Waals surface area contributed by atoms with Gasteiger partial charge in [0, 0.05) is 24.2 Å². The Balaban J connectivity index is 1.69. The van der Waals surface area contributed by atoms with Gasteiger partial charge in [-0.3, -0.25) is 4.79 Å². The zero-order valence-corrected chi connectivity index (χ0v) is 20.4. The Kier molecular flexibility index (Phi) is 7.99. The fraction of sp³-hybridized carbons (Fsp3) is 0.391. The molecule has 0 atom stereocenters. The van der Waals surface area contributed by atoms with Crippen molar-refractivity contribution in [1.29, 1.82) is 0 Å². The molecule has 1 aliphatic rings. The van der Waals surface area contributed by atoms with Gasteiger partial charge in [0.25, 0.3) is 5.91 Å². The largest absolute Gasteiger partial charge is 0.495 e. The van der Waals surface area contributed by atoms with Crippen LogP contribution in [0, 0.1) is 13.8 Å². The number of ether oxygens (including phenoxy) is 2. The number of rotatable bonds is 7. The topological polar surface area (TPSA) is 102 Å². The molecule has 0 saturated carbocycles. The number of hydrogen-bond acceptors (Lipinski definition) is 6. The lowest BCUT2D eigenvalue weighted by Crippen LogP contribution is -2.36. The quantitative estimate of drug-likeness (QED) is 0.585. The molecule has 0 radical (unpaired) electrons. The summed E-state index contributed by atoms with van der Waals surface area (Å²) in [4.78, 5) is 24.9. The van der Waals surface area contributed by atoms with Gasteiger partial charge in [-0.25, -0.2) is 13.2 Å². The normalized spacial score (nSPS) is 14.5. The van der Waals surface area contributed by atoms with Gasteiger partial charge in [-0.15, -0.1) is 0 Å². The number of piperidine rings is 1. The Labute approximate surface area is 198 Å². The monoisotopic (exact) mass is 494 g/mol. The van der Waals surface area contributed by atoms with Crippen LogP contribution in [-0.4, -0.2) is 51.4 Å². The minimum Gasteiger partial charge on any atom is -0.495 e. The van der Waals surface area contributed by atoms with Crippen molar-refractivity contribution in [1.82, 2.24) is 4.31 Å². The van der Waals surface area contributed by atoms with Crippen molar-refractivity contribution in [2.75, 3.05) is 32.1 Å². The van der Waals surface area contributed by atoms with Crippen molar-refractivity contribution < 1.29 is 27.5 Å². The molecule has 1 heterocycles. The van der Waals surface area contributed by atoms with Gasteiger partial charge < -0.3 is 14.8 Å². The van der Waals surface area contributed by atoms with Gasteiger partial charge in [-0.05, 0) is 56.0 Å². The smallest absolute Gasteiger partial charge is 0.338 e. The third kappa shape index (κ3) is 5.85. The second kappa shape index (κ2) is 10.5. The number of hydrogen-bond donors (Lipinski definition) is 1. The van der Waals surface area contributed by atoms with Gasteiger partial charge in [0.1, 0.15) is 5.75 Å². The second-order valence-corrected chi connectivity index (χ2v) is 10.2. The van der Waals surface area contributed by atoms with Crippen LogP contribution in [-0.2, 0) is 19.6 Å². The van der Waals surface area contributed by atoms with Crippen LogP contribution in [0.25, 0.3) is 0 Å². The minimum atomic E-state index is -3.71. The van der Waals surface area contributed by atoms with Crippen molar-refractivity contribution in [3.63, 3.8) is 0 Å². The average Bonchev–Trinajstić information content (AvgIpc) is 2.80. The Morgan fingerprint density at radius 2 is 1.76 bits per heavy atom. The highest BCUT2D eigenvalue weighted by molar-refractivity contribution is 7.89. The van der Waals surface area contributed by atoms with Crippen molar-refractivity contribution in [3.8, 4) is 5.75 Å². The molecule has 2 aromatic rings. The van der Waals surface area contributed by atoms with E-state index in [9.17, 15) is 18.0 Å². The van der Waals surface area contributed by atoms with Gasteiger partial charge >= 0.3 is 5.97 Å².